The Balaban J connectivity index is 1.28. The summed E-state index contributed by atoms with van der Waals surface area (Å²) in [5.74, 6) is 0. The van der Waals surface area contributed by atoms with Crippen molar-refractivity contribution in [1.82, 2.24) is 20.1 Å². The lowest BCUT2D eigenvalue weighted by Gasteiger charge is -2.39. The summed E-state index contributed by atoms with van der Waals surface area (Å²) in [6.07, 6.45) is 10.1. The second kappa shape index (κ2) is 8.33. The minimum atomic E-state index is -0.997. The second-order valence-electron chi connectivity index (χ2n) is 9.30. The number of likely N-dealkylation sites (tertiary alicyclic amines) is 1. The molecule has 162 valence electrons. The zero-order chi connectivity index (χ0) is 20.6. The van der Waals surface area contributed by atoms with Gasteiger partial charge < -0.3 is 19.7 Å². The molecule has 2 saturated heterocycles. The molecule has 0 bridgehead atoms. The highest BCUT2D eigenvalue weighted by Crippen LogP contribution is 2.33. The minimum absolute atomic E-state index is 0.504. The van der Waals surface area contributed by atoms with Gasteiger partial charge in [0.25, 0.3) is 0 Å². The predicted octanol–water partition coefficient (Wildman–Crippen LogP) is 3.56. The van der Waals surface area contributed by atoms with Crippen LogP contribution in [0.4, 0.5) is 10.1 Å². The Hall–Kier alpha value is -1.89. The molecule has 4 heterocycles. The zero-order valence-corrected chi connectivity index (χ0v) is 18.0. The van der Waals surface area contributed by atoms with Crippen molar-refractivity contribution in [1.29, 1.82) is 0 Å². The largest absolute Gasteiger partial charge is 0.344 e. The number of aromatic nitrogens is 1. The Kier molecular flexibility index (Phi) is 5.56. The maximum atomic E-state index is 15.1. The van der Waals surface area contributed by atoms with Crippen molar-refractivity contribution in [2.45, 2.75) is 44.3 Å². The monoisotopic (exact) mass is 411 g/mol. The number of hydrogen-bond acceptors (Lipinski definition) is 4. The van der Waals surface area contributed by atoms with Crippen molar-refractivity contribution >= 4 is 16.6 Å². The third-order valence-corrected chi connectivity index (χ3v) is 7.13. The number of alkyl halides is 1. The first-order valence-corrected chi connectivity index (χ1v) is 11.5. The van der Waals surface area contributed by atoms with Crippen LogP contribution in [-0.4, -0.2) is 61.1 Å². The van der Waals surface area contributed by atoms with Crippen molar-refractivity contribution in [2.24, 2.45) is 0 Å². The standard InChI is InChI=1S/C24H34FN5/c1-19-15-23-20(16-22(19)29-11-2-8-27-18-29)3-14-30(23)21-4-12-28(13-5-21)17-24(25)6-9-26-10-7-24/h2-3,11,14-16,21,26-27H,4-10,12-13,17-18H2,1H3. The molecule has 5 nitrogen and oxygen atoms in total. The van der Waals surface area contributed by atoms with Crippen LogP contribution in [0.2, 0.25) is 0 Å². The third kappa shape index (κ3) is 4.01. The van der Waals surface area contributed by atoms with E-state index in [1.54, 1.807) is 0 Å². The van der Waals surface area contributed by atoms with Crippen LogP contribution in [0, 0.1) is 6.92 Å². The van der Waals surface area contributed by atoms with Crippen LogP contribution in [0.15, 0.2) is 36.7 Å². The van der Waals surface area contributed by atoms with E-state index in [2.05, 4.69) is 68.6 Å². The van der Waals surface area contributed by atoms with Crippen LogP contribution in [-0.2, 0) is 0 Å². The van der Waals surface area contributed by atoms with E-state index in [0.29, 0.717) is 25.4 Å². The fourth-order valence-corrected chi connectivity index (χ4v) is 5.38. The van der Waals surface area contributed by atoms with Crippen LogP contribution in [0.25, 0.3) is 10.9 Å². The minimum Gasteiger partial charge on any atom is -0.344 e. The summed E-state index contributed by atoms with van der Waals surface area (Å²) in [5.41, 5.74) is 2.90. The molecule has 5 rings (SSSR count). The SMILES string of the molecule is Cc1cc2c(ccn2C2CCN(CC3(F)CCNCC3)CC2)cc1N1C=CCNC1. The van der Waals surface area contributed by atoms with E-state index in [9.17, 15) is 0 Å². The Morgan fingerprint density at radius 1 is 1.13 bits per heavy atom. The number of anilines is 1. The zero-order valence-electron chi connectivity index (χ0n) is 18.0. The summed E-state index contributed by atoms with van der Waals surface area (Å²) < 4.78 is 17.5. The van der Waals surface area contributed by atoms with Crippen LogP contribution in [0.3, 0.4) is 0 Å². The van der Waals surface area contributed by atoms with Gasteiger partial charge in [-0.3, -0.25) is 5.32 Å². The quantitative estimate of drug-likeness (QED) is 0.807. The molecule has 30 heavy (non-hydrogen) atoms. The highest BCUT2D eigenvalue weighted by atomic mass is 19.1. The lowest BCUT2D eigenvalue weighted by Crippen LogP contribution is -2.48. The van der Waals surface area contributed by atoms with E-state index in [1.807, 2.05) is 0 Å². The molecule has 0 radical (unpaired) electrons. The van der Waals surface area contributed by atoms with Crippen molar-refractivity contribution in [2.75, 3.05) is 50.8 Å². The number of aryl methyl sites for hydroxylation is 1. The van der Waals surface area contributed by atoms with E-state index < -0.39 is 5.67 Å². The number of rotatable bonds is 4. The lowest BCUT2D eigenvalue weighted by atomic mass is 9.92. The van der Waals surface area contributed by atoms with Gasteiger partial charge in [0.15, 0.2) is 0 Å². The van der Waals surface area contributed by atoms with Gasteiger partial charge in [0.2, 0.25) is 0 Å². The number of benzene rings is 1. The van der Waals surface area contributed by atoms with Crippen LogP contribution in [0.1, 0.15) is 37.3 Å². The molecule has 1 aromatic heterocycles. The van der Waals surface area contributed by atoms with Gasteiger partial charge >= 0.3 is 0 Å². The first kappa shape index (κ1) is 20.0. The second-order valence-corrected chi connectivity index (χ2v) is 9.30. The highest BCUT2D eigenvalue weighted by Gasteiger charge is 2.35. The van der Waals surface area contributed by atoms with Gasteiger partial charge in [0.05, 0.1) is 6.67 Å². The summed E-state index contributed by atoms with van der Waals surface area (Å²) in [4.78, 5) is 4.63. The molecule has 0 atom stereocenters. The highest BCUT2D eigenvalue weighted by molar-refractivity contribution is 5.86. The van der Waals surface area contributed by atoms with E-state index >= 15 is 4.39 Å². The summed E-state index contributed by atoms with van der Waals surface area (Å²) in [6.45, 7) is 8.21. The average molecular weight is 412 g/mol. The Labute approximate surface area is 178 Å². The van der Waals surface area contributed by atoms with Gasteiger partial charge in [-0.15, -0.1) is 0 Å². The number of nitrogens with one attached hydrogen (secondary N) is 2. The van der Waals surface area contributed by atoms with Crippen LogP contribution < -0.4 is 15.5 Å². The molecule has 0 aliphatic carbocycles. The smallest absolute Gasteiger partial charge is 0.126 e. The molecule has 0 amide bonds. The summed E-state index contributed by atoms with van der Waals surface area (Å²) >= 11 is 0. The number of nitrogens with zero attached hydrogens (tertiary/aromatic N) is 3. The first-order valence-electron chi connectivity index (χ1n) is 11.5. The van der Waals surface area contributed by atoms with E-state index in [-0.39, 0.29) is 0 Å². The molecule has 1 aromatic carbocycles. The van der Waals surface area contributed by atoms with Gasteiger partial charge in [-0.2, -0.15) is 0 Å². The number of halogens is 1. The lowest BCUT2D eigenvalue weighted by molar-refractivity contribution is 0.0472. The fourth-order valence-electron chi connectivity index (χ4n) is 5.38. The molecule has 6 heteroatoms. The summed E-state index contributed by atoms with van der Waals surface area (Å²) in [7, 11) is 0. The van der Waals surface area contributed by atoms with Crippen molar-refractivity contribution in [3.05, 3.63) is 42.2 Å². The molecule has 2 fully saturated rings. The molecular weight excluding hydrogens is 377 g/mol. The van der Waals surface area contributed by atoms with Gasteiger partial charge in [0, 0.05) is 61.2 Å². The molecule has 0 spiro atoms. The average Bonchev–Trinajstić information content (AvgIpc) is 3.17. The number of hydrogen-bond donors (Lipinski definition) is 2. The molecular formula is C24H34FN5. The summed E-state index contributed by atoms with van der Waals surface area (Å²) in [6, 6.07) is 7.41. The van der Waals surface area contributed by atoms with E-state index in [4.69, 9.17) is 0 Å². The first-order chi connectivity index (χ1) is 14.6. The van der Waals surface area contributed by atoms with Gasteiger partial charge in [-0.25, -0.2) is 4.39 Å². The molecule has 0 unspecified atom stereocenters. The number of piperidine rings is 2. The van der Waals surface area contributed by atoms with Crippen molar-refractivity contribution in [3.8, 4) is 0 Å². The topological polar surface area (TPSA) is 35.5 Å². The van der Waals surface area contributed by atoms with E-state index in [0.717, 1.165) is 52.2 Å². The normalized spacial score (nSPS) is 23.3. The summed E-state index contributed by atoms with van der Waals surface area (Å²) in [5, 5.41) is 7.98. The van der Waals surface area contributed by atoms with Crippen molar-refractivity contribution in [3.63, 3.8) is 0 Å². The fraction of sp³-hybridized carbons (Fsp3) is 0.583. The Morgan fingerprint density at radius 2 is 1.93 bits per heavy atom. The number of fused-ring (bicyclic) bond motifs is 1. The Bertz CT molecular complexity index is 906. The maximum Gasteiger partial charge on any atom is 0.126 e. The van der Waals surface area contributed by atoms with E-state index in [1.165, 1.54) is 22.2 Å². The molecule has 0 saturated carbocycles. The molecule has 3 aliphatic heterocycles. The predicted molar refractivity (Wildman–Crippen MR) is 122 cm³/mol. The molecule has 2 N–H and O–H groups in total. The van der Waals surface area contributed by atoms with Gasteiger partial charge in [-0.1, -0.05) is 6.08 Å². The molecule has 2 aromatic rings. The van der Waals surface area contributed by atoms with Gasteiger partial charge in [-0.05, 0) is 69.5 Å². The van der Waals surface area contributed by atoms with Crippen LogP contribution in [0.5, 0.6) is 0 Å². The van der Waals surface area contributed by atoms with Crippen LogP contribution >= 0.6 is 0 Å². The molecule has 3 aliphatic rings. The van der Waals surface area contributed by atoms with Crippen molar-refractivity contribution < 1.29 is 4.39 Å². The Morgan fingerprint density at radius 3 is 2.67 bits per heavy atom. The van der Waals surface area contributed by atoms with Gasteiger partial charge in [0.1, 0.15) is 5.67 Å². The maximum absolute atomic E-state index is 15.1. The third-order valence-electron chi connectivity index (χ3n) is 7.13.